The first-order valence-corrected chi connectivity index (χ1v) is 8.60. The van der Waals surface area contributed by atoms with Gasteiger partial charge in [0.15, 0.2) is 17.4 Å². The molecule has 1 aliphatic carbocycles. The van der Waals surface area contributed by atoms with E-state index in [4.69, 9.17) is 16.5 Å². The van der Waals surface area contributed by atoms with Crippen molar-refractivity contribution in [3.8, 4) is 0 Å². The van der Waals surface area contributed by atoms with Crippen LogP contribution >= 0.6 is 0 Å². The molecule has 7 heteroatoms. The fourth-order valence-electron chi connectivity index (χ4n) is 3.81. The zero-order valence-corrected chi connectivity index (χ0v) is 14.3. The number of hydrogen-bond acceptors (Lipinski definition) is 7. The Morgan fingerprint density at radius 1 is 0.889 bits per heavy atom. The lowest BCUT2D eigenvalue weighted by molar-refractivity contribution is 0.0952. The molecule has 1 aliphatic heterocycles. The summed E-state index contributed by atoms with van der Waals surface area (Å²) in [5.41, 5.74) is 15.4. The number of aromatic nitrogens is 2. The van der Waals surface area contributed by atoms with Crippen molar-refractivity contribution in [3.63, 3.8) is 0 Å². The summed E-state index contributed by atoms with van der Waals surface area (Å²) in [5, 5.41) is 3.35. The second kappa shape index (κ2) is 5.63. The van der Waals surface area contributed by atoms with E-state index in [2.05, 4.69) is 15.3 Å². The zero-order valence-electron chi connectivity index (χ0n) is 14.3. The van der Waals surface area contributed by atoms with Gasteiger partial charge in [0, 0.05) is 11.1 Å². The molecule has 0 saturated heterocycles. The van der Waals surface area contributed by atoms with Crippen LogP contribution in [0.15, 0.2) is 59.6 Å². The molecular weight excluding hydrogens is 340 g/mol. The highest BCUT2D eigenvalue weighted by molar-refractivity contribution is 6.29. The van der Waals surface area contributed by atoms with Crippen LogP contribution in [0.25, 0.3) is 0 Å². The molecule has 0 fully saturated rings. The minimum atomic E-state index is -0.486. The van der Waals surface area contributed by atoms with Gasteiger partial charge in [0.25, 0.3) is 0 Å². The number of carbonyl (C=O) groups is 1. The van der Waals surface area contributed by atoms with Crippen molar-refractivity contribution >= 4 is 34.8 Å². The first-order valence-electron chi connectivity index (χ1n) is 8.60. The Morgan fingerprint density at radius 2 is 1.59 bits per heavy atom. The molecule has 2 unspecified atom stereocenters. The van der Waals surface area contributed by atoms with Crippen LogP contribution in [0.3, 0.4) is 0 Å². The van der Waals surface area contributed by atoms with E-state index in [0.29, 0.717) is 22.8 Å². The van der Waals surface area contributed by atoms with Gasteiger partial charge in [0.2, 0.25) is 5.95 Å². The monoisotopic (exact) mass is 356 g/mol. The van der Waals surface area contributed by atoms with E-state index in [0.717, 1.165) is 11.1 Å². The Kier molecular flexibility index (Phi) is 3.24. The molecule has 0 radical (unpaired) electrons. The van der Waals surface area contributed by atoms with Crippen molar-refractivity contribution < 1.29 is 4.79 Å². The van der Waals surface area contributed by atoms with Crippen molar-refractivity contribution in [1.82, 2.24) is 9.97 Å². The van der Waals surface area contributed by atoms with Gasteiger partial charge in [0.1, 0.15) is 5.69 Å². The van der Waals surface area contributed by atoms with Gasteiger partial charge < -0.3 is 16.8 Å². The highest BCUT2D eigenvalue weighted by Gasteiger charge is 2.44. The lowest BCUT2D eigenvalue weighted by Gasteiger charge is -2.23. The largest absolute Gasteiger partial charge is 0.382 e. The van der Waals surface area contributed by atoms with Gasteiger partial charge in [-0.15, -0.1) is 0 Å². The second-order valence-corrected chi connectivity index (χ2v) is 6.58. The van der Waals surface area contributed by atoms with Crippen LogP contribution in [0, 0.1) is 5.92 Å². The van der Waals surface area contributed by atoms with Gasteiger partial charge >= 0.3 is 0 Å². The average Bonchev–Trinajstić information content (AvgIpc) is 2.84. The number of nitrogens with zero attached hydrogens (tertiary/aromatic N) is 3. The molecule has 2 atom stereocenters. The molecule has 132 valence electrons. The number of fused-ring (bicyclic) bond motifs is 4. The number of rotatable bonds is 1. The molecule has 2 aromatic carbocycles. The number of carbonyl (C=O) groups excluding carboxylic acids is 1. The van der Waals surface area contributed by atoms with Gasteiger partial charge in [-0.1, -0.05) is 54.6 Å². The van der Waals surface area contributed by atoms with Crippen LogP contribution in [-0.2, 0) is 0 Å². The SMILES string of the molecule is Nc1nc(N)c2c(n1)NC(c1ccccc1)C1C(=O)c3ccccc3C1=N2. The van der Waals surface area contributed by atoms with Gasteiger partial charge in [0.05, 0.1) is 17.7 Å². The Bertz CT molecular complexity index is 1110. The number of ketones is 1. The zero-order chi connectivity index (χ0) is 18.5. The molecule has 0 saturated carbocycles. The summed E-state index contributed by atoms with van der Waals surface area (Å²) in [4.78, 5) is 26.3. The molecule has 3 aromatic rings. The number of nitrogens with one attached hydrogen (secondary N) is 1. The molecule has 5 N–H and O–H groups in total. The third kappa shape index (κ3) is 2.28. The number of nitrogen functional groups attached to an aromatic ring is 2. The van der Waals surface area contributed by atoms with E-state index < -0.39 is 5.92 Å². The molecule has 2 heterocycles. The molecular formula is C20H16N6O. The van der Waals surface area contributed by atoms with E-state index in [1.165, 1.54) is 0 Å². The minimum Gasteiger partial charge on any atom is -0.382 e. The number of benzene rings is 2. The van der Waals surface area contributed by atoms with Crippen LogP contribution in [0.1, 0.15) is 27.5 Å². The maximum Gasteiger partial charge on any atom is 0.224 e. The van der Waals surface area contributed by atoms with Gasteiger partial charge in [-0.2, -0.15) is 9.97 Å². The summed E-state index contributed by atoms with van der Waals surface area (Å²) >= 11 is 0. The van der Waals surface area contributed by atoms with E-state index >= 15 is 0 Å². The third-order valence-electron chi connectivity index (χ3n) is 4.99. The summed E-state index contributed by atoms with van der Waals surface area (Å²) in [6.07, 6.45) is 0. The topological polar surface area (TPSA) is 119 Å². The van der Waals surface area contributed by atoms with Crippen molar-refractivity contribution in [2.75, 3.05) is 16.8 Å². The van der Waals surface area contributed by atoms with Gasteiger partial charge in [-0.25, -0.2) is 4.99 Å². The lowest BCUT2D eigenvalue weighted by atomic mass is 9.88. The van der Waals surface area contributed by atoms with Crippen molar-refractivity contribution in [3.05, 3.63) is 71.3 Å². The van der Waals surface area contributed by atoms with Crippen molar-refractivity contribution in [2.45, 2.75) is 6.04 Å². The summed E-state index contributed by atoms with van der Waals surface area (Å²) in [5.74, 6) is 0.213. The summed E-state index contributed by atoms with van der Waals surface area (Å²) in [6.45, 7) is 0. The molecule has 2 aliphatic rings. The van der Waals surface area contributed by atoms with E-state index in [1.54, 1.807) is 0 Å². The first kappa shape index (κ1) is 15.5. The minimum absolute atomic E-state index is 0.0259. The third-order valence-corrected chi connectivity index (χ3v) is 4.99. The highest BCUT2D eigenvalue weighted by Crippen LogP contribution is 2.44. The fourth-order valence-corrected chi connectivity index (χ4v) is 3.81. The number of hydrogen-bond donors (Lipinski definition) is 3. The molecule has 1 aromatic heterocycles. The lowest BCUT2D eigenvalue weighted by Crippen LogP contribution is -2.28. The van der Waals surface area contributed by atoms with E-state index in [1.807, 2.05) is 54.6 Å². The molecule has 27 heavy (non-hydrogen) atoms. The fraction of sp³-hybridized carbons (Fsp3) is 0.100. The van der Waals surface area contributed by atoms with Crippen LogP contribution in [0.2, 0.25) is 0 Å². The summed E-state index contributed by atoms with van der Waals surface area (Å²) in [6, 6.07) is 16.9. The van der Waals surface area contributed by atoms with Crippen LogP contribution in [-0.4, -0.2) is 21.5 Å². The molecule has 5 rings (SSSR count). The number of aliphatic imine (C=N–C) groups is 1. The first-order chi connectivity index (χ1) is 13.1. The van der Waals surface area contributed by atoms with E-state index in [9.17, 15) is 4.79 Å². The quantitative estimate of drug-likeness (QED) is 0.617. The molecule has 0 bridgehead atoms. The van der Waals surface area contributed by atoms with Crippen LogP contribution < -0.4 is 16.8 Å². The summed E-state index contributed by atoms with van der Waals surface area (Å²) in [7, 11) is 0. The Labute approximate surface area is 155 Å². The maximum absolute atomic E-state index is 13.3. The normalized spacial score (nSPS) is 20.0. The Morgan fingerprint density at radius 3 is 2.37 bits per heavy atom. The molecule has 7 nitrogen and oxygen atoms in total. The predicted octanol–water partition coefficient (Wildman–Crippen LogP) is 2.74. The maximum atomic E-state index is 13.3. The number of anilines is 3. The number of Topliss-reactive ketones (excluding diaryl/α,β-unsaturated/α-hetero) is 1. The molecule has 0 amide bonds. The standard InChI is InChI=1S/C20H16N6O/c21-18-16-19(26-20(22)25-18)24-14(10-6-2-1-3-7-10)13-15(23-16)11-8-4-5-9-12(11)17(13)27/h1-9,13-14H,(H5,21,22,24,25,26). The molecule has 0 spiro atoms. The number of nitrogens with two attached hydrogens (primary N) is 2. The van der Waals surface area contributed by atoms with Gasteiger partial charge in [-0.05, 0) is 5.56 Å². The second-order valence-electron chi connectivity index (χ2n) is 6.58. The average molecular weight is 356 g/mol. The van der Waals surface area contributed by atoms with Crippen LogP contribution in [0.5, 0.6) is 0 Å². The predicted molar refractivity (Wildman–Crippen MR) is 104 cm³/mol. The highest BCUT2D eigenvalue weighted by atomic mass is 16.1. The van der Waals surface area contributed by atoms with Crippen molar-refractivity contribution in [2.24, 2.45) is 10.9 Å². The van der Waals surface area contributed by atoms with Crippen molar-refractivity contribution in [1.29, 1.82) is 0 Å². The summed E-state index contributed by atoms with van der Waals surface area (Å²) < 4.78 is 0. The Hall–Kier alpha value is -3.74. The van der Waals surface area contributed by atoms with E-state index in [-0.39, 0.29) is 23.6 Å². The Balaban J connectivity index is 1.80. The van der Waals surface area contributed by atoms with Gasteiger partial charge in [-0.3, -0.25) is 4.79 Å². The smallest absolute Gasteiger partial charge is 0.224 e. The van der Waals surface area contributed by atoms with Crippen LogP contribution in [0.4, 0.5) is 23.3 Å².